The summed E-state index contributed by atoms with van der Waals surface area (Å²) in [5.41, 5.74) is 7.69. The van der Waals surface area contributed by atoms with Crippen molar-refractivity contribution in [2.45, 2.75) is 19.8 Å². The van der Waals surface area contributed by atoms with Gasteiger partial charge in [-0.2, -0.15) is 0 Å². The van der Waals surface area contributed by atoms with Crippen molar-refractivity contribution < 1.29 is 0 Å². The van der Waals surface area contributed by atoms with Crippen LogP contribution in [0.5, 0.6) is 0 Å². The van der Waals surface area contributed by atoms with E-state index in [-0.39, 0.29) is 0 Å². The van der Waals surface area contributed by atoms with Crippen LogP contribution in [0.3, 0.4) is 0 Å². The Kier molecular flexibility index (Phi) is 3.68. The largest absolute Gasteiger partial charge is 0.383 e. The summed E-state index contributed by atoms with van der Waals surface area (Å²) in [6.07, 6.45) is 5.35. The summed E-state index contributed by atoms with van der Waals surface area (Å²) in [6.45, 7) is 2.11. The van der Waals surface area contributed by atoms with E-state index in [1.165, 1.54) is 0 Å². The molecule has 2 aromatic heterocycles. The maximum Gasteiger partial charge on any atom is 0.163 e. The molecular weight excluding hydrogens is 280 g/mol. The Morgan fingerprint density at radius 1 is 1.35 bits per heavy atom. The molecule has 2 rings (SSSR count). The van der Waals surface area contributed by atoms with Crippen molar-refractivity contribution in [2.24, 2.45) is 0 Å². The summed E-state index contributed by atoms with van der Waals surface area (Å²) < 4.78 is 0.798. The van der Waals surface area contributed by atoms with Crippen LogP contribution in [-0.2, 0) is 6.42 Å². The summed E-state index contributed by atoms with van der Waals surface area (Å²) >= 11 is 3.42. The Bertz CT molecular complexity index is 513. The molecule has 0 radical (unpaired) electrons. The molecule has 5 heteroatoms. The standard InChI is InChI=1S/C12H13BrN4/c1-2-4-9-10(13)11(14)17-12(16-9)8-5-3-6-15-7-8/h3,5-7H,2,4H2,1H3,(H2,14,16,17). The number of rotatable bonds is 3. The molecule has 0 amide bonds. The topological polar surface area (TPSA) is 64.7 Å². The molecule has 0 atom stereocenters. The van der Waals surface area contributed by atoms with E-state index in [0.29, 0.717) is 11.6 Å². The van der Waals surface area contributed by atoms with Crippen LogP contribution in [0.4, 0.5) is 5.82 Å². The van der Waals surface area contributed by atoms with Crippen molar-refractivity contribution >= 4 is 21.7 Å². The van der Waals surface area contributed by atoms with E-state index in [9.17, 15) is 0 Å². The molecule has 0 unspecified atom stereocenters. The van der Waals surface area contributed by atoms with Gasteiger partial charge in [-0.1, -0.05) is 13.3 Å². The summed E-state index contributed by atoms with van der Waals surface area (Å²) in [6, 6.07) is 3.78. The van der Waals surface area contributed by atoms with Gasteiger partial charge < -0.3 is 5.73 Å². The van der Waals surface area contributed by atoms with Crippen LogP contribution < -0.4 is 5.73 Å². The normalized spacial score (nSPS) is 10.5. The smallest absolute Gasteiger partial charge is 0.163 e. The SMILES string of the molecule is CCCc1nc(-c2cccnc2)nc(N)c1Br. The van der Waals surface area contributed by atoms with Crippen LogP contribution >= 0.6 is 15.9 Å². The minimum atomic E-state index is 0.474. The first kappa shape index (κ1) is 12.0. The highest BCUT2D eigenvalue weighted by Crippen LogP contribution is 2.25. The Labute approximate surface area is 108 Å². The fraction of sp³-hybridized carbons (Fsp3) is 0.250. The number of nitrogens with zero attached hydrogens (tertiary/aromatic N) is 3. The zero-order valence-electron chi connectivity index (χ0n) is 9.52. The van der Waals surface area contributed by atoms with Crippen molar-refractivity contribution in [3.05, 3.63) is 34.7 Å². The molecule has 0 aliphatic heterocycles. The number of aromatic nitrogens is 3. The van der Waals surface area contributed by atoms with E-state index >= 15 is 0 Å². The van der Waals surface area contributed by atoms with Gasteiger partial charge in [0, 0.05) is 18.0 Å². The molecule has 0 aliphatic rings. The zero-order chi connectivity index (χ0) is 12.3. The Morgan fingerprint density at radius 3 is 2.82 bits per heavy atom. The number of halogens is 1. The lowest BCUT2D eigenvalue weighted by Gasteiger charge is -2.07. The van der Waals surface area contributed by atoms with E-state index in [2.05, 4.69) is 37.8 Å². The highest BCUT2D eigenvalue weighted by molar-refractivity contribution is 9.10. The van der Waals surface area contributed by atoms with Gasteiger partial charge in [-0.15, -0.1) is 0 Å². The van der Waals surface area contributed by atoms with E-state index in [1.807, 2.05) is 12.1 Å². The summed E-state index contributed by atoms with van der Waals surface area (Å²) in [4.78, 5) is 12.8. The van der Waals surface area contributed by atoms with Gasteiger partial charge in [0.1, 0.15) is 5.82 Å². The van der Waals surface area contributed by atoms with Crippen molar-refractivity contribution in [2.75, 3.05) is 5.73 Å². The van der Waals surface area contributed by atoms with Gasteiger partial charge in [0.05, 0.1) is 10.2 Å². The maximum absolute atomic E-state index is 5.87. The molecule has 2 aromatic rings. The number of hydrogen-bond acceptors (Lipinski definition) is 4. The first-order valence-electron chi connectivity index (χ1n) is 5.44. The minimum Gasteiger partial charge on any atom is -0.383 e. The highest BCUT2D eigenvalue weighted by Gasteiger charge is 2.10. The van der Waals surface area contributed by atoms with Gasteiger partial charge in [0.25, 0.3) is 0 Å². The Morgan fingerprint density at radius 2 is 2.18 bits per heavy atom. The predicted molar refractivity (Wildman–Crippen MR) is 71.4 cm³/mol. The van der Waals surface area contributed by atoms with E-state index < -0.39 is 0 Å². The highest BCUT2D eigenvalue weighted by atomic mass is 79.9. The minimum absolute atomic E-state index is 0.474. The molecule has 0 fully saturated rings. The Balaban J connectivity index is 2.49. The second kappa shape index (κ2) is 5.23. The third-order valence-corrected chi connectivity index (χ3v) is 3.22. The quantitative estimate of drug-likeness (QED) is 0.945. The number of nitrogens with two attached hydrogens (primary N) is 1. The third-order valence-electron chi connectivity index (χ3n) is 2.35. The van der Waals surface area contributed by atoms with Gasteiger partial charge in [0.15, 0.2) is 5.82 Å². The molecule has 4 nitrogen and oxygen atoms in total. The molecule has 2 N–H and O–H groups in total. The maximum atomic E-state index is 5.87. The van der Waals surface area contributed by atoms with Crippen molar-refractivity contribution in [1.82, 2.24) is 15.0 Å². The van der Waals surface area contributed by atoms with Gasteiger partial charge >= 0.3 is 0 Å². The summed E-state index contributed by atoms with van der Waals surface area (Å²) in [7, 11) is 0. The molecule has 0 aliphatic carbocycles. The van der Waals surface area contributed by atoms with E-state index in [0.717, 1.165) is 28.6 Å². The molecular formula is C12H13BrN4. The average molecular weight is 293 g/mol. The Hall–Kier alpha value is -1.49. The first-order valence-corrected chi connectivity index (χ1v) is 6.24. The lowest BCUT2D eigenvalue weighted by atomic mass is 10.2. The first-order chi connectivity index (χ1) is 8.22. The molecule has 0 aromatic carbocycles. The van der Waals surface area contributed by atoms with Crippen LogP contribution in [0, 0.1) is 0 Å². The third kappa shape index (κ3) is 2.61. The number of pyridine rings is 1. The summed E-state index contributed by atoms with van der Waals surface area (Å²) in [5.74, 6) is 1.10. The van der Waals surface area contributed by atoms with Crippen molar-refractivity contribution in [3.8, 4) is 11.4 Å². The number of nitrogen functional groups attached to an aromatic ring is 1. The van der Waals surface area contributed by atoms with E-state index in [1.54, 1.807) is 12.4 Å². The fourth-order valence-electron chi connectivity index (χ4n) is 1.54. The molecule has 0 saturated heterocycles. The molecule has 0 bridgehead atoms. The van der Waals surface area contributed by atoms with Crippen LogP contribution in [0.2, 0.25) is 0 Å². The lowest BCUT2D eigenvalue weighted by Crippen LogP contribution is -2.02. The second-order valence-corrected chi connectivity index (χ2v) is 4.48. The zero-order valence-corrected chi connectivity index (χ0v) is 11.1. The van der Waals surface area contributed by atoms with Crippen LogP contribution in [-0.4, -0.2) is 15.0 Å². The number of anilines is 1. The van der Waals surface area contributed by atoms with Crippen LogP contribution in [0.1, 0.15) is 19.0 Å². The van der Waals surface area contributed by atoms with Gasteiger partial charge in [-0.05, 0) is 34.5 Å². The average Bonchev–Trinajstić information content (AvgIpc) is 2.36. The second-order valence-electron chi connectivity index (χ2n) is 3.68. The predicted octanol–water partition coefficient (Wildman–Crippen LogP) is 2.84. The number of aryl methyl sites for hydroxylation is 1. The fourth-order valence-corrected chi connectivity index (χ4v) is 1.92. The summed E-state index contributed by atoms with van der Waals surface area (Å²) in [5, 5.41) is 0. The van der Waals surface area contributed by atoms with Crippen LogP contribution in [0.15, 0.2) is 29.0 Å². The van der Waals surface area contributed by atoms with Crippen LogP contribution in [0.25, 0.3) is 11.4 Å². The molecule has 0 spiro atoms. The lowest BCUT2D eigenvalue weighted by molar-refractivity contribution is 0.869. The molecule has 0 saturated carbocycles. The van der Waals surface area contributed by atoms with E-state index in [4.69, 9.17) is 5.73 Å². The van der Waals surface area contributed by atoms with Gasteiger partial charge in [-0.25, -0.2) is 9.97 Å². The number of hydrogen-bond donors (Lipinski definition) is 1. The molecule has 2 heterocycles. The van der Waals surface area contributed by atoms with Crippen molar-refractivity contribution in [3.63, 3.8) is 0 Å². The molecule has 17 heavy (non-hydrogen) atoms. The van der Waals surface area contributed by atoms with Gasteiger partial charge in [-0.3, -0.25) is 4.98 Å². The van der Waals surface area contributed by atoms with Gasteiger partial charge in [0.2, 0.25) is 0 Å². The molecule has 88 valence electrons. The monoisotopic (exact) mass is 292 g/mol. The van der Waals surface area contributed by atoms with Crippen molar-refractivity contribution in [1.29, 1.82) is 0 Å².